The van der Waals surface area contributed by atoms with Gasteiger partial charge >= 0.3 is 0 Å². The Hall–Kier alpha value is -1.57. The molecule has 2 nitrogen and oxygen atoms in total. The van der Waals surface area contributed by atoms with Gasteiger partial charge in [0.25, 0.3) is 0 Å². The molecule has 17 heavy (non-hydrogen) atoms. The van der Waals surface area contributed by atoms with E-state index in [0.29, 0.717) is 6.42 Å². The number of carbonyl (C=O) groups excluding carboxylic acids is 1. The van der Waals surface area contributed by atoms with Crippen molar-refractivity contribution in [2.24, 2.45) is 0 Å². The third-order valence-corrected chi connectivity index (χ3v) is 2.64. The van der Waals surface area contributed by atoms with E-state index in [0.717, 1.165) is 32.2 Å². The van der Waals surface area contributed by atoms with E-state index in [9.17, 15) is 4.79 Å². The molecule has 0 fully saturated rings. The second-order valence-corrected chi connectivity index (χ2v) is 4.12. The van der Waals surface area contributed by atoms with Crippen LogP contribution >= 0.6 is 0 Å². The summed E-state index contributed by atoms with van der Waals surface area (Å²) in [4.78, 5) is 11.5. The monoisotopic (exact) mass is 231 g/mol. The first kappa shape index (κ1) is 13.5. The highest BCUT2D eigenvalue weighted by Gasteiger charge is 2.00. The fraction of sp³-hybridized carbons (Fsp3) is 0.400. The number of rotatable bonds is 8. The van der Waals surface area contributed by atoms with Crippen LogP contribution in [-0.2, 0) is 11.2 Å². The Morgan fingerprint density at radius 3 is 2.71 bits per heavy atom. The van der Waals surface area contributed by atoms with E-state index in [1.54, 1.807) is 0 Å². The van der Waals surface area contributed by atoms with Crippen molar-refractivity contribution >= 4 is 5.91 Å². The lowest BCUT2D eigenvalue weighted by atomic mass is 10.1. The van der Waals surface area contributed by atoms with Crippen molar-refractivity contribution in [2.45, 2.75) is 32.1 Å². The number of amides is 1. The largest absolute Gasteiger partial charge is 0.356 e. The summed E-state index contributed by atoms with van der Waals surface area (Å²) in [7, 11) is 0. The summed E-state index contributed by atoms with van der Waals surface area (Å²) >= 11 is 0. The molecule has 1 N–H and O–H groups in total. The van der Waals surface area contributed by atoms with E-state index in [1.807, 2.05) is 24.3 Å². The predicted octanol–water partition coefficient (Wildman–Crippen LogP) is 3.09. The van der Waals surface area contributed by atoms with Gasteiger partial charge in [-0.2, -0.15) is 0 Å². The number of aryl methyl sites for hydroxylation is 1. The zero-order chi connectivity index (χ0) is 12.3. The van der Waals surface area contributed by atoms with Gasteiger partial charge in [0.2, 0.25) is 5.91 Å². The third-order valence-electron chi connectivity index (χ3n) is 2.64. The number of unbranched alkanes of at least 4 members (excludes halogenated alkanes) is 2. The molecular formula is C15H21NO. The Kier molecular flexibility index (Phi) is 6.80. The molecule has 0 heterocycles. The first-order valence-corrected chi connectivity index (χ1v) is 6.24. The lowest BCUT2D eigenvalue weighted by molar-refractivity contribution is -0.121. The molecule has 1 aromatic rings. The molecule has 0 aliphatic heterocycles. The second kappa shape index (κ2) is 8.57. The van der Waals surface area contributed by atoms with Gasteiger partial charge in [-0.05, 0) is 31.2 Å². The van der Waals surface area contributed by atoms with Crippen LogP contribution in [0.25, 0.3) is 0 Å². The molecule has 1 amide bonds. The van der Waals surface area contributed by atoms with E-state index in [-0.39, 0.29) is 5.91 Å². The highest BCUT2D eigenvalue weighted by molar-refractivity contribution is 5.76. The molecule has 0 aromatic heterocycles. The van der Waals surface area contributed by atoms with Crippen LogP contribution in [0.15, 0.2) is 43.0 Å². The normalized spacial score (nSPS) is 9.88. The van der Waals surface area contributed by atoms with Crippen LogP contribution in [0.1, 0.15) is 31.2 Å². The summed E-state index contributed by atoms with van der Waals surface area (Å²) in [6.45, 7) is 4.45. The van der Waals surface area contributed by atoms with Gasteiger partial charge in [-0.3, -0.25) is 4.79 Å². The van der Waals surface area contributed by atoms with Gasteiger partial charge in [-0.1, -0.05) is 36.4 Å². The zero-order valence-electron chi connectivity index (χ0n) is 10.3. The summed E-state index contributed by atoms with van der Waals surface area (Å²) in [5, 5.41) is 2.94. The minimum absolute atomic E-state index is 0.146. The zero-order valence-corrected chi connectivity index (χ0v) is 10.3. The molecule has 0 unspecified atom stereocenters. The number of carbonyl (C=O) groups is 1. The minimum Gasteiger partial charge on any atom is -0.356 e. The maximum Gasteiger partial charge on any atom is 0.220 e. The molecule has 0 bridgehead atoms. The van der Waals surface area contributed by atoms with Crippen LogP contribution in [0.2, 0.25) is 0 Å². The molecule has 0 aliphatic carbocycles. The number of hydrogen-bond donors (Lipinski definition) is 1. The van der Waals surface area contributed by atoms with Gasteiger partial charge in [-0.25, -0.2) is 0 Å². The van der Waals surface area contributed by atoms with E-state index in [4.69, 9.17) is 0 Å². The lowest BCUT2D eigenvalue weighted by Gasteiger charge is -2.04. The third kappa shape index (κ3) is 6.56. The van der Waals surface area contributed by atoms with Crippen molar-refractivity contribution in [3.8, 4) is 0 Å². The predicted molar refractivity (Wildman–Crippen MR) is 71.8 cm³/mol. The summed E-state index contributed by atoms with van der Waals surface area (Å²) in [6.07, 6.45) is 6.47. The van der Waals surface area contributed by atoms with Crippen molar-refractivity contribution in [1.82, 2.24) is 5.32 Å². The summed E-state index contributed by atoms with van der Waals surface area (Å²) in [6, 6.07) is 10.1. The van der Waals surface area contributed by atoms with Crippen molar-refractivity contribution in [1.29, 1.82) is 0 Å². The van der Waals surface area contributed by atoms with Crippen molar-refractivity contribution in [2.75, 3.05) is 6.54 Å². The fourth-order valence-corrected chi connectivity index (χ4v) is 1.63. The number of nitrogens with one attached hydrogen (secondary N) is 1. The van der Waals surface area contributed by atoms with E-state index in [1.165, 1.54) is 5.56 Å². The molecular weight excluding hydrogens is 210 g/mol. The van der Waals surface area contributed by atoms with Crippen molar-refractivity contribution < 1.29 is 4.79 Å². The molecule has 0 saturated heterocycles. The Labute approximate surface area is 104 Å². The summed E-state index contributed by atoms with van der Waals surface area (Å²) < 4.78 is 0. The average molecular weight is 231 g/mol. The van der Waals surface area contributed by atoms with Gasteiger partial charge in [0, 0.05) is 13.0 Å². The van der Waals surface area contributed by atoms with Crippen LogP contribution in [0, 0.1) is 0 Å². The maximum atomic E-state index is 11.5. The minimum atomic E-state index is 0.146. The molecule has 1 rings (SSSR count). The molecule has 0 aliphatic rings. The number of benzene rings is 1. The van der Waals surface area contributed by atoms with Gasteiger partial charge in [-0.15, -0.1) is 6.58 Å². The number of hydrogen-bond acceptors (Lipinski definition) is 1. The Bertz CT molecular complexity index is 332. The highest BCUT2D eigenvalue weighted by Crippen LogP contribution is 2.02. The van der Waals surface area contributed by atoms with Gasteiger partial charge in [0.1, 0.15) is 0 Å². The standard InChI is InChI=1S/C15H21NO/c1-2-3-4-8-13-16-15(17)12-11-14-9-6-5-7-10-14/h2,5-7,9-10H,1,3-4,8,11-13H2,(H,16,17). The fourth-order valence-electron chi connectivity index (χ4n) is 1.63. The van der Waals surface area contributed by atoms with Crippen LogP contribution in [0.5, 0.6) is 0 Å². The molecule has 0 atom stereocenters. The van der Waals surface area contributed by atoms with Crippen LogP contribution < -0.4 is 5.32 Å². The first-order valence-electron chi connectivity index (χ1n) is 6.24. The number of allylic oxidation sites excluding steroid dienone is 1. The van der Waals surface area contributed by atoms with E-state index in [2.05, 4.69) is 24.0 Å². The molecule has 1 aromatic carbocycles. The topological polar surface area (TPSA) is 29.1 Å². The highest BCUT2D eigenvalue weighted by atomic mass is 16.1. The molecule has 0 saturated carbocycles. The van der Waals surface area contributed by atoms with Crippen LogP contribution in [0.4, 0.5) is 0 Å². The van der Waals surface area contributed by atoms with Gasteiger partial charge in [0.15, 0.2) is 0 Å². The van der Waals surface area contributed by atoms with Gasteiger partial charge < -0.3 is 5.32 Å². The van der Waals surface area contributed by atoms with E-state index < -0.39 is 0 Å². The Morgan fingerprint density at radius 2 is 2.00 bits per heavy atom. The van der Waals surface area contributed by atoms with E-state index >= 15 is 0 Å². The van der Waals surface area contributed by atoms with Crippen LogP contribution in [-0.4, -0.2) is 12.5 Å². The van der Waals surface area contributed by atoms with Crippen molar-refractivity contribution in [3.63, 3.8) is 0 Å². The van der Waals surface area contributed by atoms with Gasteiger partial charge in [0.05, 0.1) is 0 Å². The second-order valence-electron chi connectivity index (χ2n) is 4.12. The quantitative estimate of drug-likeness (QED) is 0.540. The molecule has 0 radical (unpaired) electrons. The van der Waals surface area contributed by atoms with Crippen molar-refractivity contribution in [3.05, 3.63) is 48.6 Å². The summed E-state index contributed by atoms with van der Waals surface area (Å²) in [5.41, 5.74) is 1.22. The first-order chi connectivity index (χ1) is 8.33. The Morgan fingerprint density at radius 1 is 1.24 bits per heavy atom. The average Bonchev–Trinajstić information content (AvgIpc) is 2.37. The van der Waals surface area contributed by atoms with Crippen LogP contribution in [0.3, 0.4) is 0 Å². The smallest absolute Gasteiger partial charge is 0.220 e. The molecule has 92 valence electrons. The SMILES string of the molecule is C=CCCCCNC(=O)CCc1ccccc1. The molecule has 0 spiro atoms. The summed E-state index contributed by atoms with van der Waals surface area (Å²) in [5.74, 6) is 0.146. The Balaban J connectivity index is 2.07. The lowest BCUT2D eigenvalue weighted by Crippen LogP contribution is -2.24. The maximum absolute atomic E-state index is 11.5. The molecule has 2 heteroatoms.